The topological polar surface area (TPSA) is 96.7 Å². The molecule has 7 nitrogen and oxygen atoms in total. The van der Waals surface area contributed by atoms with Crippen LogP contribution in [0.2, 0.25) is 0 Å². The Kier molecular flexibility index (Phi) is 7.81. The van der Waals surface area contributed by atoms with Gasteiger partial charge in [-0.15, -0.1) is 0 Å². The number of aromatic nitrogens is 2. The molecule has 18 heavy (non-hydrogen) atoms. The van der Waals surface area contributed by atoms with Crippen molar-refractivity contribution < 1.29 is 47.4 Å². The maximum atomic E-state index is 11.7. The number of hydrogen-bond acceptors (Lipinski definition) is 6. The molecule has 1 amide bonds. The van der Waals surface area contributed by atoms with Crippen molar-refractivity contribution in [3.8, 4) is 0 Å². The molecule has 0 aliphatic heterocycles. The molecule has 8 heteroatoms. The van der Waals surface area contributed by atoms with E-state index in [1.54, 1.807) is 6.92 Å². The standard InChI is InChI=1S/C10H14N4O3.Y/c1-6-8(7(4-15)13-5-12-6)9(14-17-3)10(16)11-2;/h5,15H,4H2,1-3H3,(H,11,16);/b14-9+;. The van der Waals surface area contributed by atoms with Crippen molar-refractivity contribution in [1.82, 2.24) is 15.3 Å². The predicted molar refractivity (Wildman–Crippen MR) is 60.3 cm³/mol. The summed E-state index contributed by atoms with van der Waals surface area (Å²) in [7, 11) is 2.81. The van der Waals surface area contributed by atoms with Crippen LogP contribution < -0.4 is 5.32 Å². The van der Waals surface area contributed by atoms with E-state index in [4.69, 9.17) is 0 Å². The monoisotopic (exact) mass is 327 g/mol. The van der Waals surface area contributed by atoms with Gasteiger partial charge in [0.05, 0.1) is 23.6 Å². The van der Waals surface area contributed by atoms with Crippen molar-refractivity contribution in [3.05, 3.63) is 23.3 Å². The Morgan fingerprint density at radius 2 is 2.22 bits per heavy atom. The van der Waals surface area contributed by atoms with Gasteiger partial charge in [0.1, 0.15) is 13.4 Å². The van der Waals surface area contributed by atoms with Gasteiger partial charge in [0.15, 0.2) is 5.71 Å². The Hall–Kier alpha value is -0.916. The van der Waals surface area contributed by atoms with Crippen molar-refractivity contribution in [3.63, 3.8) is 0 Å². The summed E-state index contributed by atoms with van der Waals surface area (Å²) >= 11 is 0. The van der Waals surface area contributed by atoms with E-state index in [1.165, 1.54) is 20.5 Å². The van der Waals surface area contributed by atoms with Gasteiger partial charge >= 0.3 is 0 Å². The van der Waals surface area contributed by atoms with E-state index in [0.717, 1.165) is 0 Å². The Morgan fingerprint density at radius 1 is 1.56 bits per heavy atom. The quantitative estimate of drug-likeness (QED) is 0.567. The second kappa shape index (κ2) is 8.23. The minimum atomic E-state index is -0.431. The maximum absolute atomic E-state index is 11.7. The number of amides is 1. The molecule has 0 spiro atoms. The molecule has 1 aromatic heterocycles. The minimum Gasteiger partial charge on any atom is -0.398 e. The average molecular weight is 327 g/mol. The molecule has 1 radical (unpaired) electrons. The summed E-state index contributed by atoms with van der Waals surface area (Å²) in [5.41, 5.74) is 1.30. The Labute approximate surface area is 130 Å². The van der Waals surface area contributed by atoms with E-state index in [0.29, 0.717) is 17.0 Å². The molecular formula is C10H14N4O3Y. The minimum absolute atomic E-state index is 0. The first-order valence-corrected chi connectivity index (χ1v) is 4.90. The molecule has 0 atom stereocenters. The number of oxime groups is 1. The third kappa shape index (κ3) is 3.79. The first kappa shape index (κ1) is 17.1. The van der Waals surface area contributed by atoms with Crippen LogP contribution in [-0.2, 0) is 48.9 Å². The second-order valence-corrected chi connectivity index (χ2v) is 3.14. The van der Waals surface area contributed by atoms with E-state index in [1.807, 2.05) is 0 Å². The fourth-order valence-corrected chi connectivity index (χ4v) is 1.36. The zero-order valence-corrected chi connectivity index (χ0v) is 13.3. The first-order valence-electron chi connectivity index (χ1n) is 4.90. The molecular weight excluding hydrogens is 313 g/mol. The molecule has 0 aliphatic carbocycles. The molecule has 0 aliphatic rings. The van der Waals surface area contributed by atoms with Crippen LogP contribution in [0.15, 0.2) is 11.5 Å². The Morgan fingerprint density at radius 3 is 2.72 bits per heavy atom. The van der Waals surface area contributed by atoms with Crippen molar-refractivity contribution in [2.75, 3.05) is 14.2 Å². The SMILES string of the molecule is CNC(=O)/C(=N/OC)c1c(C)ncnc1CO.[Y]. The van der Waals surface area contributed by atoms with Crippen molar-refractivity contribution >= 4 is 11.6 Å². The summed E-state index contributed by atoms with van der Waals surface area (Å²) in [5.74, 6) is -0.431. The number of rotatable bonds is 4. The number of likely N-dealkylation sites (N-methyl/N-ethyl adjacent to an activating group) is 1. The summed E-state index contributed by atoms with van der Waals surface area (Å²) in [4.78, 5) is 24.2. The number of nitrogens with one attached hydrogen (secondary N) is 1. The largest absolute Gasteiger partial charge is 0.398 e. The van der Waals surface area contributed by atoms with Gasteiger partial charge in [-0.25, -0.2) is 9.97 Å². The van der Waals surface area contributed by atoms with Crippen LogP contribution in [-0.4, -0.2) is 40.9 Å². The van der Waals surface area contributed by atoms with E-state index in [2.05, 4.69) is 25.3 Å². The smallest absolute Gasteiger partial charge is 0.273 e. The molecule has 1 aromatic rings. The van der Waals surface area contributed by atoms with Gasteiger partial charge in [-0.3, -0.25) is 4.79 Å². The van der Waals surface area contributed by atoms with Crippen LogP contribution in [0, 0.1) is 6.92 Å². The molecule has 0 unspecified atom stereocenters. The number of carbonyl (C=O) groups excluding carboxylic acids is 1. The van der Waals surface area contributed by atoms with Gasteiger partial charge in [-0.1, -0.05) is 5.16 Å². The van der Waals surface area contributed by atoms with Crippen molar-refractivity contribution in [2.45, 2.75) is 13.5 Å². The maximum Gasteiger partial charge on any atom is 0.273 e. The van der Waals surface area contributed by atoms with Gasteiger partial charge in [0.25, 0.3) is 5.91 Å². The summed E-state index contributed by atoms with van der Waals surface area (Å²) in [6.45, 7) is 1.39. The van der Waals surface area contributed by atoms with Crippen molar-refractivity contribution in [1.29, 1.82) is 0 Å². The summed E-state index contributed by atoms with van der Waals surface area (Å²) in [6, 6.07) is 0. The van der Waals surface area contributed by atoms with Crippen LogP contribution in [0.25, 0.3) is 0 Å². The fraction of sp³-hybridized carbons (Fsp3) is 0.400. The molecule has 0 bridgehead atoms. The molecule has 0 fully saturated rings. The number of aliphatic hydroxyl groups is 1. The summed E-state index contributed by atoms with van der Waals surface area (Å²) in [5, 5.41) is 15.3. The molecule has 95 valence electrons. The summed E-state index contributed by atoms with van der Waals surface area (Å²) < 4.78 is 0. The van der Waals surface area contributed by atoms with Crippen LogP contribution in [0.1, 0.15) is 17.0 Å². The number of aryl methyl sites for hydroxylation is 1. The third-order valence-corrected chi connectivity index (χ3v) is 2.13. The van der Waals surface area contributed by atoms with Crippen LogP contribution in [0.4, 0.5) is 0 Å². The number of aliphatic hydroxyl groups excluding tert-OH is 1. The average Bonchev–Trinajstić information content (AvgIpc) is 2.35. The zero-order valence-electron chi connectivity index (χ0n) is 10.5. The zero-order chi connectivity index (χ0) is 12.8. The van der Waals surface area contributed by atoms with Gasteiger partial charge in [-0.2, -0.15) is 0 Å². The van der Waals surface area contributed by atoms with E-state index in [-0.39, 0.29) is 45.0 Å². The Balaban J connectivity index is 0.00000289. The van der Waals surface area contributed by atoms with Crippen LogP contribution >= 0.6 is 0 Å². The van der Waals surface area contributed by atoms with Crippen LogP contribution in [0.3, 0.4) is 0 Å². The second-order valence-electron chi connectivity index (χ2n) is 3.14. The van der Waals surface area contributed by atoms with Crippen molar-refractivity contribution in [2.24, 2.45) is 5.16 Å². The normalized spacial score (nSPS) is 10.6. The Bertz CT molecular complexity index is 451. The molecule has 0 saturated carbocycles. The van der Waals surface area contributed by atoms with E-state index >= 15 is 0 Å². The predicted octanol–water partition coefficient (Wildman–Crippen LogP) is -0.629. The first-order chi connectivity index (χ1) is 8.15. The van der Waals surface area contributed by atoms with Gasteiger partial charge in [-0.05, 0) is 6.92 Å². The molecule has 2 N–H and O–H groups in total. The molecule has 0 aromatic carbocycles. The van der Waals surface area contributed by atoms with Gasteiger partial charge < -0.3 is 15.3 Å². The van der Waals surface area contributed by atoms with E-state index in [9.17, 15) is 9.90 Å². The fourth-order valence-electron chi connectivity index (χ4n) is 1.36. The van der Waals surface area contributed by atoms with Crippen LogP contribution in [0.5, 0.6) is 0 Å². The molecule has 1 heterocycles. The van der Waals surface area contributed by atoms with Gasteiger partial charge in [0.2, 0.25) is 0 Å². The molecule has 1 rings (SSSR count). The third-order valence-electron chi connectivity index (χ3n) is 2.13. The number of carbonyl (C=O) groups is 1. The number of nitrogens with zero attached hydrogens (tertiary/aromatic N) is 3. The van der Waals surface area contributed by atoms with E-state index < -0.39 is 5.91 Å². The summed E-state index contributed by atoms with van der Waals surface area (Å²) in [6.07, 6.45) is 1.32. The molecule has 0 saturated heterocycles. The van der Waals surface area contributed by atoms with Gasteiger partial charge in [0, 0.05) is 39.8 Å². The number of hydrogen-bond donors (Lipinski definition) is 2.